The molecule has 0 fully saturated rings. The molecule has 0 radical (unpaired) electrons. The van der Waals surface area contributed by atoms with Crippen LogP contribution in [0, 0.1) is 25.2 Å². The van der Waals surface area contributed by atoms with Crippen molar-refractivity contribution in [2.75, 3.05) is 18.0 Å². The molecule has 164 valence electrons. The lowest BCUT2D eigenvalue weighted by molar-refractivity contribution is -0.117. The Labute approximate surface area is 190 Å². The molecule has 1 aromatic heterocycles. The predicted octanol–water partition coefficient (Wildman–Crippen LogP) is 5.16. The van der Waals surface area contributed by atoms with Crippen molar-refractivity contribution in [3.63, 3.8) is 0 Å². The molecule has 0 atom stereocenters. The molecule has 5 heteroatoms. The van der Waals surface area contributed by atoms with Crippen molar-refractivity contribution < 1.29 is 4.79 Å². The van der Waals surface area contributed by atoms with Gasteiger partial charge in [-0.05, 0) is 75.2 Å². The van der Waals surface area contributed by atoms with Gasteiger partial charge in [-0.3, -0.25) is 4.79 Å². The maximum absolute atomic E-state index is 12.6. The highest BCUT2D eigenvalue weighted by molar-refractivity contribution is 6.01. The monoisotopic (exact) mass is 426 g/mol. The minimum atomic E-state index is -0.371. The number of carbonyl (C=O) groups excluding carboxylic acids is 1. The zero-order valence-electron chi connectivity index (χ0n) is 19.2. The van der Waals surface area contributed by atoms with Crippen LogP contribution in [0.2, 0.25) is 0 Å². The molecule has 0 saturated heterocycles. The summed E-state index contributed by atoms with van der Waals surface area (Å²) in [7, 11) is 0. The van der Waals surface area contributed by atoms with Gasteiger partial charge in [-0.1, -0.05) is 30.3 Å². The Bertz CT molecular complexity index is 1130. The van der Waals surface area contributed by atoms with Crippen LogP contribution in [-0.2, 0) is 11.3 Å². The second kappa shape index (κ2) is 10.5. The number of nitrogens with zero attached hydrogens (tertiary/aromatic N) is 3. The van der Waals surface area contributed by atoms with Crippen LogP contribution in [0.25, 0.3) is 11.8 Å². The Morgan fingerprint density at radius 2 is 1.72 bits per heavy atom. The van der Waals surface area contributed by atoms with E-state index < -0.39 is 0 Å². The van der Waals surface area contributed by atoms with Gasteiger partial charge >= 0.3 is 0 Å². The molecule has 3 aromatic rings. The summed E-state index contributed by atoms with van der Waals surface area (Å²) in [4.78, 5) is 14.9. The third-order valence-corrected chi connectivity index (χ3v) is 5.67. The SMILES string of the molecule is CCN(CC)c1ccc(-n2c(C)cc(/C=C(/C#N)C(=O)NCc3ccccc3)c2C)cc1. The van der Waals surface area contributed by atoms with E-state index in [9.17, 15) is 10.1 Å². The number of aryl methyl sites for hydroxylation is 1. The average molecular weight is 427 g/mol. The molecule has 0 bridgehead atoms. The van der Waals surface area contributed by atoms with Crippen LogP contribution >= 0.6 is 0 Å². The van der Waals surface area contributed by atoms with Crippen LogP contribution in [0.5, 0.6) is 0 Å². The van der Waals surface area contributed by atoms with E-state index in [1.807, 2.05) is 56.3 Å². The Hall–Kier alpha value is -3.78. The molecule has 0 aliphatic heterocycles. The number of benzene rings is 2. The number of nitrogens with one attached hydrogen (secondary N) is 1. The number of hydrogen-bond acceptors (Lipinski definition) is 3. The number of aromatic nitrogens is 1. The first-order valence-corrected chi connectivity index (χ1v) is 11.0. The fourth-order valence-electron chi connectivity index (χ4n) is 3.91. The minimum Gasteiger partial charge on any atom is -0.372 e. The first kappa shape index (κ1) is 22.9. The van der Waals surface area contributed by atoms with Crippen molar-refractivity contribution in [2.45, 2.75) is 34.2 Å². The van der Waals surface area contributed by atoms with Crippen LogP contribution in [0.3, 0.4) is 0 Å². The molecule has 0 spiro atoms. The summed E-state index contributed by atoms with van der Waals surface area (Å²) >= 11 is 0. The van der Waals surface area contributed by atoms with Crippen molar-refractivity contribution in [1.29, 1.82) is 5.26 Å². The van der Waals surface area contributed by atoms with Gasteiger partial charge in [-0.15, -0.1) is 0 Å². The molecule has 1 amide bonds. The molecule has 0 aliphatic carbocycles. The van der Waals surface area contributed by atoms with E-state index in [2.05, 4.69) is 52.9 Å². The molecule has 2 aromatic carbocycles. The molecule has 0 aliphatic rings. The minimum absolute atomic E-state index is 0.0954. The number of anilines is 1. The Morgan fingerprint density at radius 3 is 2.31 bits per heavy atom. The standard InChI is InChI=1S/C27H30N4O/c1-5-30(6-2)25-12-14-26(15-13-25)31-20(3)16-23(21(31)4)17-24(18-28)27(32)29-19-22-10-8-7-9-11-22/h7-17H,5-6,19H2,1-4H3,(H,29,32)/b24-17-. The lowest BCUT2D eigenvalue weighted by Gasteiger charge is -2.21. The second-order valence-electron chi connectivity index (χ2n) is 7.69. The summed E-state index contributed by atoms with van der Waals surface area (Å²) in [5, 5.41) is 12.4. The van der Waals surface area contributed by atoms with Gasteiger partial charge in [0.05, 0.1) is 0 Å². The smallest absolute Gasteiger partial charge is 0.262 e. The molecule has 32 heavy (non-hydrogen) atoms. The molecular weight excluding hydrogens is 396 g/mol. The van der Waals surface area contributed by atoms with Gasteiger partial charge in [-0.2, -0.15) is 5.26 Å². The van der Waals surface area contributed by atoms with Crippen molar-refractivity contribution in [1.82, 2.24) is 9.88 Å². The summed E-state index contributed by atoms with van der Waals surface area (Å²) < 4.78 is 2.15. The van der Waals surface area contributed by atoms with Crippen molar-refractivity contribution in [3.8, 4) is 11.8 Å². The largest absolute Gasteiger partial charge is 0.372 e. The number of nitriles is 1. The van der Waals surface area contributed by atoms with Gasteiger partial charge in [0, 0.05) is 42.4 Å². The van der Waals surface area contributed by atoms with Gasteiger partial charge in [0.2, 0.25) is 0 Å². The third-order valence-electron chi connectivity index (χ3n) is 5.67. The van der Waals surface area contributed by atoms with Gasteiger partial charge in [-0.25, -0.2) is 0 Å². The third kappa shape index (κ3) is 5.09. The Morgan fingerprint density at radius 1 is 1.06 bits per heavy atom. The fourth-order valence-corrected chi connectivity index (χ4v) is 3.91. The average Bonchev–Trinajstić information content (AvgIpc) is 3.10. The van der Waals surface area contributed by atoms with E-state index in [1.165, 1.54) is 5.69 Å². The second-order valence-corrected chi connectivity index (χ2v) is 7.69. The molecular formula is C27H30N4O. The molecule has 3 rings (SSSR count). The van der Waals surface area contributed by atoms with Crippen LogP contribution in [0.15, 0.2) is 66.2 Å². The van der Waals surface area contributed by atoms with Crippen molar-refractivity contribution >= 4 is 17.7 Å². The topological polar surface area (TPSA) is 61.1 Å². The molecule has 1 heterocycles. The lowest BCUT2D eigenvalue weighted by atomic mass is 10.1. The summed E-state index contributed by atoms with van der Waals surface area (Å²) in [6, 6.07) is 22.2. The van der Waals surface area contributed by atoms with Gasteiger partial charge < -0.3 is 14.8 Å². The van der Waals surface area contributed by atoms with Gasteiger partial charge in [0.1, 0.15) is 11.6 Å². The first-order valence-electron chi connectivity index (χ1n) is 11.0. The highest BCUT2D eigenvalue weighted by Crippen LogP contribution is 2.25. The summed E-state index contributed by atoms with van der Waals surface area (Å²) in [5.74, 6) is -0.371. The van der Waals surface area contributed by atoms with E-state index in [0.29, 0.717) is 6.54 Å². The maximum Gasteiger partial charge on any atom is 0.262 e. The fraction of sp³-hybridized carbons (Fsp3) is 0.259. The number of amides is 1. The van der Waals surface area contributed by atoms with Crippen LogP contribution in [-0.4, -0.2) is 23.6 Å². The van der Waals surface area contributed by atoms with Crippen molar-refractivity contribution in [3.05, 3.63) is 88.8 Å². The highest BCUT2D eigenvalue weighted by Gasteiger charge is 2.14. The zero-order valence-corrected chi connectivity index (χ0v) is 19.2. The molecule has 1 N–H and O–H groups in total. The number of carbonyl (C=O) groups is 1. The van der Waals surface area contributed by atoms with E-state index in [-0.39, 0.29) is 11.5 Å². The first-order chi connectivity index (χ1) is 15.5. The molecule has 0 saturated carbocycles. The predicted molar refractivity (Wildman–Crippen MR) is 131 cm³/mol. The van der Waals surface area contributed by atoms with E-state index >= 15 is 0 Å². The van der Waals surface area contributed by atoms with Gasteiger partial charge in [0.15, 0.2) is 0 Å². The van der Waals surface area contributed by atoms with Crippen LogP contribution in [0.1, 0.15) is 36.4 Å². The Balaban J connectivity index is 1.83. The van der Waals surface area contributed by atoms with E-state index in [1.54, 1.807) is 6.08 Å². The summed E-state index contributed by atoms with van der Waals surface area (Å²) in [5.41, 5.74) is 6.24. The normalized spacial score (nSPS) is 11.2. The van der Waals surface area contributed by atoms with E-state index in [0.717, 1.165) is 41.3 Å². The van der Waals surface area contributed by atoms with Crippen molar-refractivity contribution in [2.24, 2.45) is 0 Å². The molecule has 5 nitrogen and oxygen atoms in total. The van der Waals surface area contributed by atoms with E-state index in [4.69, 9.17) is 0 Å². The summed E-state index contributed by atoms with van der Waals surface area (Å²) in [6.45, 7) is 10.7. The quantitative estimate of drug-likeness (QED) is 0.400. The van der Waals surface area contributed by atoms with Gasteiger partial charge in [0.25, 0.3) is 5.91 Å². The highest BCUT2D eigenvalue weighted by atomic mass is 16.1. The molecule has 0 unspecified atom stereocenters. The Kier molecular flexibility index (Phi) is 7.51. The zero-order chi connectivity index (χ0) is 23.1. The number of rotatable bonds is 8. The number of hydrogen-bond donors (Lipinski definition) is 1. The van der Waals surface area contributed by atoms with Crippen LogP contribution in [0.4, 0.5) is 5.69 Å². The van der Waals surface area contributed by atoms with Crippen LogP contribution < -0.4 is 10.2 Å². The maximum atomic E-state index is 12.6. The summed E-state index contributed by atoms with van der Waals surface area (Å²) in [6.07, 6.45) is 1.67. The lowest BCUT2D eigenvalue weighted by Crippen LogP contribution is -2.23.